The van der Waals surface area contributed by atoms with Crippen LogP contribution in [0.3, 0.4) is 0 Å². The zero-order valence-electron chi connectivity index (χ0n) is 8.34. The van der Waals surface area contributed by atoms with Crippen LogP contribution in [0, 0.1) is 12.8 Å². The summed E-state index contributed by atoms with van der Waals surface area (Å²) < 4.78 is 0. The lowest BCUT2D eigenvalue weighted by Gasteiger charge is -2.18. The molecule has 72 valence electrons. The summed E-state index contributed by atoms with van der Waals surface area (Å²) in [6.07, 6.45) is 0. The summed E-state index contributed by atoms with van der Waals surface area (Å²) >= 11 is 6.15. The first-order valence-corrected chi connectivity index (χ1v) is 4.92. The fraction of sp³-hybridized carbons (Fsp3) is 0.455. The van der Waals surface area contributed by atoms with Gasteiger partial charge in [0.25, 0.3) is 0 Å². The van der Waals surface area contributed by atoms with Crippen LogP contribution in [0.1, 0.15) is 31.0 Å². The largest absolute Gasteiger partial charge is 0.324 e. The molecule has 0 amide bonds. The predicted octanol–water partition coefficient (Wildman–Crippen LogP) is 3.30. The van der Waals surface area contributed by atoms with E-state index in [0.717, 1.165) is 16.1 Å². The average Bonchev–Trinajstić information content (AvgIpc) is 2.08. The molecule has 0 aliphatic carbocycles. The Kier molecular flexibility index (Phi) is 3.34. The predicted molar refractivity (Wildman–Crippen MR) is 58.0 cm³/mol. The zero-order chi connectivity index (χ0) is 10.0. The van der Waals surface area contributed by atoms with Gasteiger partial charge < -0.3 is 5.73 Å². The molecule has 0 bridgehead atoms. The van der Waals surface area contributed by atoms with E-state index in [4.69, 9.17) is 17.3 Å². The Morgan fingerprint density at radius 3 is 2.46 bits per heavy atom. The molecular formula is C11H16ClN. The number of hydrogen-bond acceptors (Lipinski definition) is 1. The van der Waals surface area contributed by atoms with Crippen LogP contribution < -0.4 is 5.73 Å². The van der Waals surface area contributed by atoms with Crippen molar-refractivity contribution >= 4 is 11.6 Å². The van der Waals surface area contributed by atoms with Crippen LogP contribution >= 0.6 is 11.6 Å². The van der Waals surface area contributed by atoms with Crippen molar-refractivity contribution in [2.45, 2.75) is 26.8 Å². The second-order valence-electron chi connectivity index (χ2n) is 3.75. The molecule has 1 nitrogen and oxygen atoms in total. The summed E-state index contributed by atoms with van der Waals surface area (Å²) in [4.78, 5) is 0. The Hall–Kier alpha value is -0.530. The van der Waals surface area contributed by atoms with Gasteiger partial charge >= 0.3 is 0 Å². The number of halogens is 1. The summed E-state index contributed by atoms with van der Waals surface area (Å²) in [5.74, 6) is 0.416. The summed E-state index contributed by atoms with van der Waals surface area (Å²) in [5.41, 5.74) is 8.17. The van der Waals surface area contributed by atoms with Crippen molar-refractivity contribution in [3.63, 3.8) is 0 Å². The van der Waals surface area contributed by atoms with Gasteiger partial charge in [-0.25, -0.2) is 0 Å². The van der Waals surface area contributed by atoms with Crippen LogP contribution in [0.5, 0.6) is 0 Å². The molecule has 1 aromatic rings. The molecule has 2 N–H and O–H groups in total. The van der Waals surface area contributed by atoms with Crippen molar-refractivity contribution in [1.82, 2.24) is 0 Å². The molecule has 0 aromatic heterocycles. The number of rotatable bonds is 2. The molecule has 0 saturated heterocycles. The fourth-order valence-electron chi connectivity index (χ4n) is 1.29. The SMILES string of the molecule is Cc1cccc([C@H](N)C(C)C)c1Cl. The molecule has 1 rings (SSSR count). The summed E-state index contributed by atoms with van der Waals surface area (Å²) in [6, 6.07) is 6.03. The Bertz CT molecular complexity index is 294. The van der Waals surface area contributed by atoms with Gasteiger partial charge in [-0.3, -0.25) is 0 Å². The third-order valence-electron chi connectivity index (χ3n) is 2.30. The van der Waals surface area contributed by atoms with E-state index >= 15 is 0 Å². The maximum Gasteiger partial charge on any atom is 0.0483 e. The first-order valence-electron chi connectivity index (χ1n) is 4.54. The Balaban J connectivity index is 3.07. The van der Waals surface area contributed by atoms with E-state index in [-0.39, 0.29) is 6.04 Å². The lowest BCUT2D eigenvalue weighted by Crippen LogP contribution is -2.17. The van der Waals surface area contributed by atoms with Crippen molar-refractivity contribution < 1.29 is 0 Å². The van der Waals surface area contributed by atoms with E-state index in [1.54, 1.807) is 0 Å². The average molecular weight is 198 g/mol. The highest BCUT2D eigenvalue weighted by Crippen LogP contribution is 2.28. The highest BCUT2D eigenvalue weighted by Gasteiger charge is 2.14. The number of hydrogen-bond donors (Lipinski definition) is 1. The van der Waals surface area contributed by atoms with Crippen LogP contribution in [0.4, 0.5) is 0 Å². The highest BCUT2D eigenvalue weighted by molar-refractivity contribution is 6.32. The number of benzene rings is 1. The van der Waals surface area contributed by atoms with E-state index in [1.165, 1.54) is 0 Å². The second kappa shape index (κ2) is 4.12. The van der Waals surface area contributed by atoms with E-state index in [0.29, 0.717) is 5.92 Å². The molecule has 0 saturated carbocycles. The maximum absolute atomic E-state index is 6.15. The molecule has 0 radical (unpaired) electrons. The number of aryl methyl sites for hydroxylation is 1. The summed E-state index contributed by atoms with van der Waals surface area (Å²) in [5, 5.41) is 0.809. The van der Waals surface area contributed by atoms with E-state index in [2.05, 4.69) is 13.8 Å². The normalized spacial score (nSPS) is 13.4. The minimum absolute atomic E-state index is 0.0346. The van der Waals surface area contributed by atoms with Gasteiger partial charge in [-0.2, -0.15) is 0 Å². The summed E-state index contributed by atoms with van der Waals surface area (Å²) in [7, 11) is 0. The third-order valence-corrected chi connectivity index (χ3v) is 2.82. The van der Waals surface area contributed by atoms with E-state index in [1.807, 2.05) is 25.1 Å². The molecule has 0 fully saturated rings. The third kappa shape index (κ3) is 2.23. The Labute approximate surface area is 84.9 Å². The van der Waals surface area contributed by atoms with Gasteiger partial charge in [-0.1, -0.05) is 43.6 Å². The van der Waals surface area contributed by atoms with E-state index in [9.17, 15) is 0 Å². The van der Waals surface area contributed by atoms with Gasteiger partial charge in [0, 0.05) is 11.1 Å². The standard InChI is InChI=1S/C11H16ClN/c1-7(2)11(13)9-6-4-5-8(3)10(9)12/h4-7,11H,13H2,1-3H3/t11-/m1/s1. The zero-order valence-corrected chi connectivity index (χ0v) is 9.10. The topological polar surface area (TPSA) is 26.0 Å². The van der Waals surface area contributed by atoms with Gasteiger partial charge in [-0.05, 0) is 24.0 Å². The van der Waals surface area contributed by atoms with Gasteiger partial charge in [0.15, 0.2) is 0 Å². The van der Waals surface area contributed by atoms with Crippen LogP contribution in [-0.2, 0) is 0 Å². The van der Waals surface area contributed by atoms with Gasteiger partial charge in [0.2, 0.25) is 0 Å². The van der Waals surface area contributed by atoms with Crippen molar-refractivity contribution in [3.05, 3.63) is 34.3 Å². The van der Waals surface area contributed by atoms with E-state index < -0.39 is 0 Å². The van der Waals surface area contributed by atoms with Gasteiger partial charge in [0.1, 0.15) is 0 Å². The molecule has 0 aliphatic rings. The first kappa shape index (κ1) is 10.6. The minimum atomic E-state index is 0.0346. The molecule has 13 heavy (non-hydrogen) atoms. The van der Waals surface area contributed by atoms with Gasteiger partial charge in [-0.15, -0.1) is 0 Å². The first-order chi connectivity index (χ1) is 6.04. The van der Waals surface area contributed by atoms with Gasteiger partial charge in [0.05, 0.1) is 0 Å². The minimum Gasteiger partial charge on any atom is -0.324 e. The molecule has 1 atom stereocenters. The summed E-state index contributed by atoms with van der Waals surface area (Å²) in [6.45, 7) is 6.20. The molecule has 0 spiro atoms. The van der Waals surface area contributed by atoms with Crippen LogP contribution in [-0.4, -0.2) is 0 Å². The Morgan fingerprint density at radius 1 is 1.31 bits per heavy atom. The van der Waals surface area contributed by atoms with Crippen molar-refractivity contribution in [2.24, 2.45) is 11.7 Å². The van der Waals surface area contributed by atoms with Crippen molar-refractivity contribution in [2.75, 3.05) is 0 Å². The van der Waals surface area contributed by atoms with Crippen LogP contribution in [0.25, 0.3) is 0 Å². The smallest absolute Gasteiger partial charge is 0.0483 e. The maximum atomic E-state index is 6.15. The second-order valence-corrected chi connectivity index (χ2v) is 4.13. The molecule has 1 aromatic carbocycles. The fourth-order valence-corrected chi connectivity index (χ4v) is 1.54. The lowest BCUT2D eigenvalue weighted by molar-refractivity contribution is 0.514. The lowest BCUT2D eigenvalue weighted by atomic mass is 9.96. The molecule has 2 heteroatoms. The van der Waals surface area contributed by atoms with Crippen molar-refractivity contribution in [3.8, 4) is 0 Å². The van der Waals surface area contributed by atoms with Crippen LogP contribution in [0.15, 0.2) is 18.2 Å². The monoisotopic (exact) mass is 197 g/mol. The molecule has 0 heterocycles. The molecule has 0 unspecified atom stereocenters. The van der Waals surface area contributed by atoms with Crippen molar-refractivity contribution in [1.29, 1.82) is 0 Å². The Morgan fingerprint density at radius 2 is 1.92 bits per heavy atom. The molecular weight excluding hydrogens is 182 g/mol. The quantitative estimate of drug-likeness (QED) is 0.774. The highest BCUT2D eigenvalue weighted by atomic mass is 35.5. The molecule has 0 aliphatic heterocycles. The van der Waals surface area contributed by atoms with Crippen LogP contribution in [0.2, 0.25) is 5.02 Å². The number of nitrogens with two attached hydrogens (primary N) is 1.